The summed E-state index contributed by atoms with van der Waals surface area (Å²) in [7, 11) is 0. The van der Waals surface area contributed by atoms with Gasteiger partial charge in [0.05, 0.1) is 6.61 Å². The topological polar surface area (TPSA) is 34.1 Å². The van der Waals surface area contributed by atoms with Crippen LogP contribution < -0.4 is 10.1 Å². The Morgan fingerprint density at radius 2 is 1.80 bits per heavy atom. The molecule has 0 bridgehead atoms. The van der Waals surface area contributed by atoms with E-state index >= 15 is 0 Å². The number of hydrogen-bond donors (Lipinski definition) is 1. The molecule has 0 saturated carbocycles. The molecule has 0 aliphatic rings. The minimum Gasteiger partial charge on any atom is -0.476 e. The summed E-state index contributed by atoms with van der Waals surface area (Å²) in [5.74, 6) is -1.51. The molecule has 20 heavy (non-hydrogen) atoms. The first-order chi connectivity index (χ1) is 9.69. The quantitative estimate of drug-likeness (QED) is 0.642. The lowest BCUT2D eigenvalue weighted by Crippen LogP contribution is -2.08. The minimum absolute atomic E-state index is 0.0502. The molecule has 0 radical (unpaired) electrons. The number of halogens is 2. The van der Waals surface area contributed by atoms with Gasteiger partial charge < -0.3 is 10.1 Å². The number of rotatable bonds is 10. The van der Waals surface area contributed by atoms with Gasteiger partial charge in [0, 0.05) is 12.6 Å². The zero-order valence-corrected chi connectivity index (χ0v) is 12.3. The van der Waals surface area contributed by atoms with Gasteiger partial charge in [0.1, 0.15) is 0 Å². The van der Waals surface area contributed by atoms with Crippen LogP contribution in [0.15, 0.2) is 6.07 Å². The highest BCUT2D eigenvalue weighted by Gasteiger charge is 2.12. The van der Waals surface area contributed by atoms with Crippen LogP contribution in [0, 0.1) is 11.6 Å². The highest BCUT2D eigenvalue weighted by atomic mass is 19.1. The standard InChI is InChI=1S/C15H24F2N2O/c1-3-5-6-7-8-10-20-15-13(17)11-12(16)14(19-15)18-9-4-2/h11H,3-10H2,1-2H3,(H,18,19). The van der Waals surface area contributed by atoms with E-state index < -0.39 is 11.6 Å². The number of anilines is 1. The van der Waals surface area contributed by atoms with E-state index in [1.165, 1.54) is 12.8 Å². The zero-order valence-electron chi connectivity index (χ0n) is 12.3. The van der Waals surface area contributed by atoms with Gasteiger partial charge in [-0.1, -0.05) is 39.5 Å². The largest absolute Gasteiger partial charge is 0.476 e. The van der Waals surface area contributed by atoms with Crippen molar-refractivity contribution in [2.24, 2.45) is 0 Å². The van der Waals surface area contributed by atoms with E-state index in [2.05, 4.69) is 17.2 Å². The lowest BCUT2D eigenvalue weighted by molar-refractivity contribution is 0.277. The van der Waals surface area contributed by atoms with Crippen LogP contribution in [0.1, 0.15) is 52.4 Å². The average Bonchev–Trinajstić information content (AvgIpc) is 2.43. The van der Waals surface area contributed by atoms with Crippen molar-refractivity contribution in [3.8, 4) is 5.88 Å². The van der Waals surface area contributed by atoms with Crippen LogP contribution in [0.25, 0.3) is 0 Å². The van der Waals surface area contributed by atoms with Crippen molar-refractivity contribution in [1.82, 2.24) is 4.98 Å². The fraction of sp³-hybridized carbons (Fsp3) is 0.667. The Bertz CT molecular complexity index is 400. The molecule has 1 aromatic heterocycles. The number of unbranched alkanes of at least 4 members (excludes halogenated alkanes) is 4. The van der Waals surface area contributed by atoms with Crippen molar-refractivity contribution in [3.63, 3.8) is 0 Å². The molecule has 1 N–H and O–H groups in total. The first-order valence-corrected chi connectivity index (χ1v) is 7.41. The smallest absolute Gasteiger partial charge is 0.252 e. The SMILES string of the molecule is CCCCCCCOc1nc(NCCC)c(F)cc1F. The second-order valence-electron chi connectivity index (χ2n) is 4.80. The summed E-state index contributed by atoms with van der Waals surface area (Å²) in [6.45, 7) is 5.11. The van der Waals surface area contributed by atoms with E-state index in [4.69, 9.17) is 4.74 Å². The molecule has 1 aromatic rings. The maximum Gasteiger partial charge on any atom is 0.252 e. The van der Waals surface area contributed by atoms with Gasteiger partial charge in [-0.25, -0.2) is 8.78 Å². The first-order valence-electron chi connectivity index (χ1n) is 7.41. The van der Waals surface area contributed by atoms with Crippen LogP contribution in [-0.2, 0) is 0 Å². The van der Waals surface area contributed by atoms with Gasteiger partial charge in [-0.2, -0.15) is 4.98 Å². The van der Waals surface area contributed by atoms with Gasteiger partial charge in [-0.05, 0) is 12.8 Å². The average molecular weight is 286 g/mol. The normalized spacial score (nSPS) is 10.6. The van der Waals surface area contributed by atoms with E-state index in [1.807, 2.05) is 6.92 Å². The Morgan fingerprint density at radius 3 is 2.50 bits per heavy atom. The second-order valence-corrected chi connectivity index (χ2v) is 4.80. The van der Waals surface area contributed by atoms with Crippen molar-refractivity contribution in [3.05, 3.63) is 17.7 Å². The Morgan fingerprint density at radius 1 is 1.05 bits per heavy atom. The third kappa shape index (κ3) is 5.72. The molecule has 0 spiro atoms. The van der Waals surface area contributed by atoms with Gasteiger partial charge >= 0.3 is 0 Å². The fourth-order valence-electron chi connectivity index (χ4n) is 1.79. The van der Waals surface area contributed by atoms with Crippen molar-refractivity contribution >= 4 is 5.82 Å². The lowest BCUT2D eigenvalue weighted by atomic mass is 10.2. The summed E-state index contributed by atoms with van der Waals surface area (Å²) in [4.78, 5) is 3.86. The van der Waals surface area contributed by atoms with Crippen LogP contribution in [-0.4, -0.2) is 18.1 Å². The molecule has 3 nitrogen and oxygen atoms in total. The highest BCUT2D eigenvalue weighted by molar-refractivity contribution is 5.39. The Hall–Kier alpha value is -1.39. The number of nitrogens with zero attached hydrogens (tertiary/aromatic N) is 1. The summed E-state index contributed by atoms with van der Waals surface area (Å²) in [6.07, 6.45) is 6.29. The van der Waals surface area contributed by atoms with Gasteiger partial charge in [0.15, 0.2) is 17.5 Å². The molecular formula is C15H24F2N2O. The number of pyridine rings is 1. The van der Waals surface area contributed by atoms with Gasteiger partial charge in [0.25, 0.3) is 5.88 Å². The maximum atomic E-state index is 13.5. The van der Waals surface area contributed by atoms with Crippen molar-refractivity contribution in [2.75, 3.05) is 18.5 Å². The summed E-state index contributed by atoms with van der Waals surface area (Å²) in [6, 6.07) is 0.817. The van der Waals surface area contributed by atoms with E-state index in [0.717, 1.165) is 31.7 Å². The number of aromatic nitrogens is 1. The lowest BCUT2D eigenvalue weighted by Gasteiger charge is -2.10. The third-order valence-electron chi connectivity index (χ3n) is 2.93. The predicted molar refractivity (Wildman–Crippen MR) is 77.2 cm³/mol. The van der Waals surface area contributed by atoms with Gasteiger partial charge in [-0.15, -0.1) is 0 Å². The number of hydrogen-bond acceptors (Lipinski definition) is 3. The predicted octanol–water partition coefficient (Wildman–Crippen LogP) is 4.53. The second kappa shape index (κ2) is 9.50. The van der Waals surface area contributed by atoms with Crippen LogP contribution >= 0.6 is 0 Å². The van der Waals surface area contributed by atoms with Crippen molar-refractivity contribution in [1.29, 1.82) is 0 Å². The Balaban J connectivity index is 2.47. The molecule has 0 aliphatic heterocycles. The Labute approximate surface area is 119 Å². The maximum absolute atomic E-state index is 13.5. The van der Waals surface area contributed by atoms with Crippen LogP contribution in [0.2, 0.25) is 0 Å². The summed E-state index contributed by atoms with van der Waals surface area (Å²) in [5.41, 5.74) is 0. The van der Waals surface area contributed by atoms with Gasteiger partial charge in [-0.3, -0.25) is 0 Å². The van der Waals surface area contributed by atoms with Crippen LogP contribution in [0.3, 0.4) is 0 Å². The summed E-state index contributed by atoms with van der Waals surface area (Å²) >= 11 is 0. The van der Waals surface area contributed by atoms with Crippen molar-refractivity contribution in [2.45, 2.75) is 52.4 Å². The minimum atomic E-state index is -0.752. The molecule has 0 aromatic carbocycles. The van der Waals surface area contributed by atoms with Crippen LogP contribution in [0.5, 0.6) is 5.88 Å². The van der Waals surface area contributed by atoms with E-state index in [1.54, 1.807) is 0 Å². The number of ether oxygens (including phenoxy) is 1. The molecule has 0 fully saturated rings. The molecule has 0 aliphatic carbocycles. The van der Waals surface area contributed by atoms with E-state index in [9.17, 15) is 8.78 Å². The zero-order chi connectivity index (χ0) is 14.8. The summed E-state index contributed by atoms with van der Waals surface area (Å²) < 4.78 is 32.3. The van der Waals surface area contributed by atoms with Crippen molar-refractivity contribution < 1.29 is 13.5 Å². The number of nitrogens with one attached hydrogen (secondary N) is 1. The fourth-order valence-corrected chi connectivity index (χ4v) is 1.79. The van der Waals surface area contributed by atoms with Crippen LogP contribution in [0.4, 0.5) is 14.6 Å². The van der Waals surface area contributed by atoms with E-state index in [-0.39, 0.29) is 11.7 Å². The molecule has 0 atom stereocenters. The first kappa shape index (κ1) is 16.7. The Kier molecular flexibility index (Phi) is 7.92. The monoisotopic (exact) mass is 286 g/mol. The molecular weight excluding hydrogens is 262 g/mol. The molecule has 0 amide bonds. The van der Waals surface area contributed by atoms with Gasteiger partial charge in [0.2, 0.25) is 0 Å². The highest BCUT2D eigenvalue weighted by Crippen LogP contribution is 2.21. The molecule has 0 unspecified atom stereocenters. The molecule has 114 valence electrons. The molecule has 5 heteroatoms. The third-order valence-corrected chi connectivity index (χ3v) is 2.93. The molecule has 0 saturated heterocycles. The summed E-state index contributed by atoms with van der Waals surface area (Å²) in [5, 5.41) is 2.82. The van der Waals surface area contributed by atoms with E-state index in [0.29, 0.717) is 13.2 Å². The molecule has 1 heterocycles. The molecule has 1 rings (SSSR count).